The molecule has 18 heavy (non-hydrogen) atoms. The van der Waals surface area contributed by atoms with Crippen LogP contribution in [-0.2, 0) is 6.54 Å². The second-order valence-corrected chi connectivity index (χ2v) is 4.31. The summed E-state index contributed by atoms with van der Waals surface area (Å²) in [6.45, 7) is 4.88. The van der Waals surface area contributed by atoms with Crippen LogP contribution < -0.4 is 5.32 Å². The fourth-order valence-electron chi connectivity index (χ4n) is 1.55. The summed E-state index contributed by atoms with van der Waals surface area (Å²) < 4.78 is 18.5. The minimum Gasteiger partial charge on any atom is -0.460 e. The number of hydrogen-bond acceptors (Lipinski definition) is 2. The quantitative estimate of drug-likeness (QED) is 0.907. The zero-order chi connectivity index (χ0) is 12.3. The van der Waals surface area contributed by atoms with E-state index in [1.165, 1.54) is 12.1 Å². The Bertz CT molecular complexity index is 479. The van der Waals surface area contributed by atoms with Crippen molar-refractivity contribution in [1.29, 1.82) is 0 Å². The summed E-state index contributed by atoms with van der Waals surface area (Å²) in [4.78, 5) is 0. The maximum absolute atomic E-state index is 12.8. The van der Waals surface area contributed by atoms with Gasteiger partial charge in [-0.3, -0.25) is 0 Å². The summed E-state index contributed by atoms with van der Waals surface area (Å²) in [5.74, 6) is 1.42. The molecule has 1 N–H and O–H groups in total. The minimum atomic E-state index is -0.234. The molecule has 1 heterocycles. The number of rotatable bonds is 4. The Morgan fingerprint density at radius 3 is 2.39 bits per heavy atom. The third kappa shape index (κ3) is 3.86. The van der Waals surface area contributed by atoms with E-state index in [0.29, 0.717) is 12.6 Å². The molecule has 2 rings (SSSR count). The van der Waals surface area contributed by atoms with E-state index in [-0.39, 0.29) is 18.2 Å². The zero-order valence-electron chi connectivity index (χ0n) is 10.4. The molecule has 2 aromatic rings. The lowest BCUT2D eigenvalue weighted by Crippen LogP contribution is -2.21. The number of hydrogen-bond donors (Lipinski definition) is 1. The summed E-state index contributed by atoms with van der Waals surface area (Å²) >= 11 is 0. The van der Waals surface area contributed by atoms with Gasteiger partial charge in [-0.1, -0.05) is 13.8 Å². The van der Waals surface area contributed by atoms with Crippen LogP contribution in [0, 0.1) is 5.82 Å². The average Bonchev–Trinajstić information content (AvgIpc) is 2.76. The molecule has 2 nitrogen and oxygen atoms in total. The van der Waals surface area contributed by atoms with Crippen LogP contribution in [0.2, 0.25) is 0 Å². The number of nitrogens with one attached hydrogen (secondary N) is 1. The molecular weight excluding hydrogens is 253 g/mol. The molecule has 4 heteroatoms. The van der Waals surface area contributed by atoms with Crippen molar-refractivity contribution in [2.45, 2.75) is 26.4 Å². The molecule has 0 spiro atoms. The maximum atomic E-state index is 12.8. The molecule has 1 aromatic heterocycles. The van der Waals surface area contributed by atoms with Crippen molar-refractivity contribution in [1.82, 2.24) is 5.32 Å². The van der Waals surface area contributed by atoms with Gasteiger partial charge in [-0.05, 0) is 36.4 Å². The lowest BCUT2D eigenvalue weighted by molar-refractivity contribution is 0.473. The van der Waals surface area contributed by atoms with Gasteiger partial charge < -0.3 is 9.73 Å². The standard InChI is InChI=1S/C14H16FNO.ClH/c1-10(2)16-9-13-7-8-14(17-13)11-3-5-12(15)6-4-11;/h3-8,10,16H,9H2,1-2H3;1H. The van der Waals surface area contributed by atoms with Crippen molar-refractivity contribution in [3.8, 4) is 11.3 Å². The van der Waals surface area contributed by atoms with Crippen LogP contribution in [0.3, 0.4) is 0 Å². The highest BCUT2D eigenvalue weighted by atomic mass is 35.5. The first-order valence-corrected chi connectivity index (χ1v) is 5.73. The fraction of sp³-hybridized carbons (Fsp3) is 0.286. The lowest BCUT2D eigenvalue weighted by atomic mass is 10.2. The predicted octanol–water partition coefficient (Wildman–Crippen LogP) is 4.01. The molecule has 0 atom stereocenters. The Kier molecular flexibility index (Phi) is 5.38. The van der Waals surface area contributed by atoms with Crippen molar-refractivity contribution in [3.05, 3.63) is 48.0 Å². The molecule has 0 bridgehead atoms. The third-order valence-electron chi connectivity index (χ3n) is 2.47. The van der Waals surface area contributed by atoms with Crippen LogP contribution in [0.25, 0.3) is 11.3 Å². The van der Waals surface area contributed by atoms with Gasteiger partial charge in [0.2, 0.25) is 0 Å². The SMILES string of the molecule is CC(C)NCc1ccc(-c2ccc(F)cc2)o1.Cl. The van der Waals surface area contributed by atoms with Crippen LogP contribution in [0.4, 0.5) is 4.39 Å². The predicted molar refractivity (Wildman–Crippen MR) is 73.3 cm³/mol. The summed E-state index contributed by atoms with van der Waals surface area (Å²) in [7, 11) is 0. The van der Waals surface area contributed by atoms with Gasteiger partial charge in [-0.15, -0.1) is 12.4 Å². The molecule has 98 valence electrons. The molecule has 0 saturated carbocycles. The molecule has 0 radical (unpaired) electrons. The topological polar surface area (TPSA) is 25.2 Å². The van der Waals surface area contributed by atoms with Gasteiger partial charge in [-0.2, -0.15) is 0 Å². The minimum absolute atomic E-state index is 0. The number of furan rings is 1. The van der Waals surface area contributed by atoms with Gasteiger partial charge in [0.25, 0.3) is 0 Å². The van der Waals surface area contributed by atoms with E-state index in [9.17, 15) is 4.39 Å². The van der Waals surface area contributed by atoms with Crippen molar-refractivity contribution >= 4 is 12.4 Å². The summed E-state index contributed by atoms with van der Waals surface area (Å²) in [5.41, 5.74) is 0.891. The smallest absolute Gasteiger partial charge is 0.134 e. The molecule has 0 aliphatic heterocycles. The van der Waals surface area contributed by atoms with Crippen LogP contribution in [0.5, 0.6) is 0 Å². The highest BCUT2D eigenvalue weighted by molar-refractivity contribution is 5.85. The fourth-order valence-corrected chi connectivity index (χ4v) is 1.55. The van der Waals surface area contributed by atoms with Crippen molar-refractivity contribution < 1.29 is 8.81 Å². The van der Waals surface area contributed by atoms with Gasteiger partial charge in [0.05, 0.1) is 6.54 Å². The molecule has 1 aromatic carbocycles. The Labute approximate surface area is 113 Å². The summed E-state index contributed by atoms with van der Waals surface area (Å²) in [6, 6.07) is 10.6. The van der Waals surface area contributed by atoms with E-state index in [1.807, 2.05) is 12.1 Å². The number of halogens is 2. The van der Waals surface area contributed by atoms with Crippen LogP contribution in [0.15, 0.2) is 40.8 Å². The van der Waals surface area contributed by atoms with E-state index in [0.717, 1.165) is 17.1 Å². The van der Waals surface area contributed by atoms with Crippen LogP contribution in [-0.4, -0.2) is 6.04 Å². The van der Waals surface area contributed by atoms with Crippen molar-refractivity contribution in [2.75, 3.05) is 0 Å². The first-order valence-electron chi connectivity index (χ1n) is 5.73. The second kappa shape index (κ2) is 6.57. The van der Waals surface area contributed by atoms with E-state index >= 15 is 0 Å². The van der Waals surface area contributed by atoms with Gasteiger partial charge in [0, 0.05) is 11.6 Å². The van der Waals surface area contributed by atoms with Gasteiger partial charge >= 0.3 is 0 Å². The molecule has 0 fully saturated rings. The van der Waals surface area contributed by atoms with E-state index < -0.39 is 0 Å². The normalized spacial score (nSPS) is 10.4. The number of benzene rings is 1. The summed E-state index contributed by atoms with van der Waals surface area (Å²) in [6.07, 6.45) is 0. The molecule has 0 amide bonds. The lowest BCUT2D eigenvalue weighted by Gasteiger charge is -2.05. The second-order valence-electron chi connectivity index (χ2n) is 4.31. The zero-order valence-corrected chi connectivity index (χ0v) is 11.3. The Morgan fingerprint density at radius 2 is 1.78 bits per heavy atom. The van der Waals surface area contributed by atoms with Crippen LogP contribution >= 0.6 is 12.4 Å². The van der Waals surface area contributed by atoms with E-state index in [1.54, 1.807) is 12.1 Å². The highest BCUT2D eigenvalue weighted by Gasteiger charge is 2.05. The Balaban J connectivity index is 0.00000162. The van der Waals surface area contributed by atoms with Gasteiger partial charge in [-0.25, -0.2) is 4.39 Å². The third-order valence-corrected chi connectivity index (χ3v) is 2.47. The van der Waals surface area contributed by atoms with E-state index in [4.69, 9.17) is 4.42 Å². The van der Waals surface area contributed by atoms with Crippen molar-refractivity contribution in [2.24, 2.45) is 0 Å². The van der Waals surface area contributed by atoms with Crippen molar-refractivity contribution in [3.63, 3.8) is 0 Å². The first-order chi connectivity index (χ1) is 8.15. The highest BCUT2D eigenvalue weighted by Crippen LogP contribution is 2.22. The molecule has 0 unspecified atom stereocenters. The monoisotopic (exact) mass is 269 g/mol. The Hall–Kier alpha value is -1.32. The van der Waals surface area contributed by atoms with E-state index in [2.05, 4.69) is 19.2 Å². The molecule has 0 aliphatic carbocycles. The summed E-state index contributed by atoms with van der Waals surface area (Å²) in [5, 5.41) is 3.28. The average molecular weight is 270 g/mol. The Morgan fingerprint density at radius 1 is 1.11 bits per heavy atom. The largest absolute Gasteiger partial charge is 0.460 e. The molecule has 0 aliphatic rings. The van der Waals surface area contributed by atoms with Gasteiger partial charge in [0.1, 0.15) is 17.3 Å². The van der Waals surface area contributed by atoms with Crippen LogP contribution in [0.1, 0.15) is 19.6 Å². The first kappa shape index (κ1) is 14.7. The molecule has 0 saturated heterocycles. The van der Waals surface area contributed by atoms with Gasteiger partial charge in [0.15, 0.2) is 0 Å². The maximum Gasteiger partial charge on any atom is 0.134 e. The molecular formula is C14H17ClFNO.